The maximum Gasteiger partial charge on any atom is 0.0461 e. The van der Waals surface area contributed by atoms with E-state index in [1.807, 2.05) is 30.3 Å². The quantitative estimate of drug-likeness (QED) is 0.497. The normalized spacial score (nSPS) is 7.64. The summed E-state index contributed by atoms with van der Waals surface area (Å²) in [5.74, 6) is 0. The molecule has 11 heavy (non-hydrogen) atoms. The predicted octanol–water partition coefficient (Wildman–Crippen LogP) is 2.57. The van der Waals surface area contributed by atoms with Gasteiger partial charge in [0.15, 0.2) is 0 Å². The number of benzene rings is 1. The summed E-state index contributed by atoms with van der Waals surface area (Å²) >= 11 is 0. The molecule has 2 heteroatoms. The smallest absolute Gasteiger partial charge is 0.0461 e. The van der Waals surface area contributed by atoms with Crippen LogP contribution in [0.5, 0.6) is 0 Å². The van der Waals surface area contributed by atoms with E-state index >= 15 is 0 Å². The van der Waals surface area contributed by atoms with Gasteiger partial charge in [-0.3, -0.25) is 0 Å². The molecule has 65 valence electrons. The number of hydrogen-bond donors (Lipinski definition) is 0. The van der Waals surface area contributed by atoms with Crippen LogP contribution in [0.1, 0.15) is 0 Å². The first-order valence-corrected chi connectivity index (χ1v) is 6.41. The van der Waals surface area contributed by atoms with Crippen LogP contribution in [0, 0.1) is 6.07 Å². The average molecular weight is 261 g/mol. The van der Waals surface area contributed by atoms with E-state index in [4.69, 9.17) is 0 Å². The molecule has 0 amide bonds. The Morgan fingerprint density at radius 1 is 0.909 bits per heavy atom. The van der Waals surface area contributed by atoms with E-state index in [2.05, 4.69) is 26.1 Å². The Morgan fingerprint density at radius 3 is 1.36 bits per heavy atom. The van der Waals surface area contributed by atoms with Crippen LogP contribution in [-0.2, 0) is 20.4 Å². The molecule has 0 fully saturated rings. The van der Waals surface area contributed by atoms with E-state index in [0.29, 0.717) is 0 Å². The summed E-state index contributed by atoms with van der Waals surface area (Å²) in [5, 5.41) is 0. The molecule has 0 atom stereocenters. The molecule has 1 radical (unpaired) electrons. The SMILES string of the molecule is C[PH+](C)C.[Pd].[c]1ccccc1. The molecule has 0 saturated carbocycles. The van der Waals surface area contributed by atoms with Crippen LogP contribution in [0.2, 0.25) is 0 Å². The van der Waals surface area contributed by atoms with Gasteiger partial charge in [-0.05, 0) is 14.0 Å². The summed E-state index contributed by atoms with van der Waals surface area (Å²) < 4.78 is 0. The topological polar surface area (TPSA) is 0 Å². The molecule has 0 aliphatic carbocycles. The van der Waals surface area contributed by atoms with Gasteiger partial charge in [0.25, 0.3) is 0 Å². The van der Waals surface area contributed by atoms with E-state index in [-0.39, 0.29) is 28.3 Å². The maximum atomic E-state index is 2.89. The van der Waals surface area contributed by atoms with E-state index in [9.17, 15) is 0 Å². The van der Waals surface area contributed by atoms with Gasteiger partial charge in [0.1, 0.15) is 0 Å². The minimum atomic E-state index is 0. The fourth-order valence-corrected chi connectivity index (χ4v) is 0.342. The van der Waals surface area contributed by atoms with Gasteiger partial charge in [-0.1, -0.05) is 30.3 Å². The zero-order valence-corrected chi connectivity index (χ0v) is 9.76. The summed E-state index contributed by atoms with van der Waals surface area (Å²) in [6.07, 6.45) is 0. The predicted molar refractivity (Wildman–Crippen MR) is 51.4 cm³/mol. The van der Waals surface area contributed by atoms with Crippen molar-refractivity contribution in [2.75, 3.05) is 20.0 Å². The van der Waals surface area contributed by atoms with Gasteiger partial charge in [-0.2, -0.15) is 0 Å². The van der Waals surface area contributed by atoms with Crippen LogP contribution in [0.15, 0.2) is 30.3 Å². The van der Waals surface area contributed by atoms with E-state index in [1.165, 1.54) is 0 Å². The van der Waals surface area contributed by atoms with Crippen LogP contribution < -0.4 is 0 Å². The molecule has 0 aromatic heterocycles. The third-order valence-corrected chi connectivity index (χ3v) is 0.607. The zero-order valence-electron chi connectivity index (χ0n) is 7.20. The van der Waals surface area contributed by atoms with Crippen molar-refractivity contribution in [3.63, 3.8) is 0 Å². The van der Waals surface area contributed by atoms with Crippen molar-refractivity contribution in [3.8, 4) is 0 Å². The molecule has 0 bridgehead atoms. The Kier molecular flexibility index (Phi) is 13.0. The number of rotatable bonds is 0. The summed E-state index contributed by atoms with van der Waals surface area (Å²) in [6, 6.07) is 12.5. The minimum absolute atomic E-state index is 0. The molecule has 0 N–H and O–H groups in total. The van der Waals surface area contributed by atoms with Crippen LogP contribution in [0.4, 0.5) is 0 Å². The van der Waals surface area contributed by atoms with Gasteiger partial charge >= 0.3 is 0 Å². The van der Waals surface area contributed by atoms with Gasteiger partial charge < -0.3 is 0 Å². The van der Waals surface area contributed by atoms with Gasteiger partial charge in [-0.25, -0.2) is 0 Å². The van der Waals surface area contributed by atoms with Crippen molar-refractivity contribution in [2.45, 2.75) is 0 Å². The van der Waals surface area contributed by atoms with Crippen molar-refractivity contribution in [3.05, 3.63) is 36.4 Å². The molecule has 1 aromatic rings. The van der Waals surface area contributed by atoms with Gasteiger partial charge in [0.05, 0.1) is 0 Å². The van der Waals surface area contributed by atoms with Crippen LogP contribution in [0.25, 0.3) is 0 Å². The Balaban J connectivity index is 0. The van der Waals surface area contributed by atoms with Gasteiger partial charge in [-0.15, -0.1) is 0 Å². The van der Waals surface area contributed by atoms with Crippen LogP contribution in [0.3, 0.4) is 0 Å². The van der Waals surface area contributed by atoms with E-state index < -0.39 is 0 Å². The molecule has 0 aliphatic rings. The molecule has 0 unspecified atom stereocenters. The number of hydrogen-bond acceptors (Lipinski definition) is 0. The Bertz CT molecular complexity index is 110. The molecule has 1 aromatic carbocycles. The molecule has 1 rings (SSSR count). The van der Waals surface area contributed by atoms with Gasteiger partial charge in [0, 0.05) is 40.4 Å². The first kappa shape index (κ1) is 13.9. The summed E-state index contributed by atoms with van der Waals surface area (Å²) in [4.78, 5) is 0. The third-order valence-electron chi connectivity index (χ3n) is 0.607. The molecule has 0 spiro atoms. The summed E-state index contributed by atoms with van der Waals surface area (Å²) in [5.41, 5.74) is 0. The fourth-order valence-electron chi connectivity index (χ4n) is 0.342. The minimum Gasteiger partial charge on any atom is -0.0622 e. The molecule has 0 saturated heterocycles. The molecular weight excluding hydrogens is 245 g/mol. The first-order valence-electron chi connectivity index (χ1n) is 3.41. The van der Waals surface area contributed by atoms with Crippen molar-refractivity contribution < 1.29 is 20.4 Å². The van der Waals surface area contributed by atoms with Crippen molar-refractivity contribution in [1.82, 2.24) is 0 Å². The van der Waals surface area contributed by atoms with E-state index in [1.54, 1.807) is 0 Å². The molecule has 0 aliphatic heterocycles. The van der Waals surface area contributed by atoms with Crippen LogP contribution in [-0.4, -0.2) is 20.0 Å². The Hall–Kier alpha value is 0.312. The second-order valence-corrected chi connectivity index (χ2v) is 5.58. The Morgan fingerprint density at radius 2 is 1.27 bits per heavy atom. The molecule has 0 nitrogen and oxygen atoms in total. The molecule has 0 heterocycles. The van der Waals surface area contributed by atoms with Crippen molar-refractivity contribution >= 4 is 7.92 Å². The zero-order chi connectivity index (χ0) is 7.82. The van der Waals surface area contributed by atoms with Crippen LogP contribution >= 0.6 is 7.92 Å². The summed E-state index contributed by atoms with van der Waals surface area (Å²) in [6.45, 7) is 6.81. The standard InChI is InChI=1S/C6H5.C3H9P.Pd/c1-2-4-6-5-3-1;1-4(2)3;/h1-5H;1-3H3;/p+1. The second kappa shape index (κ2) is 10.3. The maximum absolute atomic E-state index is 2.89. The average Bonchev–Trinajstić information content (AvgIpc) is 1.90. The fraction of sp³-hybridized carbons (Fsp3) is 0.333. The Labute approximate surface area is 84.8 Å². The largest absolute Gasteiger partial charge is 0.0622 e. The van der Waals surface area contributed by atoms with Gasteiger partial charge in [0.2, 0.25) is 0 Å². The van der Waals surface area contributed by atoms with Crippen molar-refractivity contribution in [2.24, 2.45) is 0 Å². The third kappa shape index (κ3) is 17.9. The second-order valence-electron chi connectivity index (χ2n) is 2.58. The van der Waals surface area contributed by atoms with E-state index in [0.717, 1.165) is 0 Å². The monoisotopic (exact) mass is 260 g/mol. The first-order chi connectivity index (χ1) is 4.73. The van der Waals surface area contributed by atoms with Crippen molar-refractivity contribution in [1.29, 1.82) is 0 Å². The molecular formula is C9H15PPd+. The summed E-state index contributed by atoms with van der Waals surface area (Å²) in [7, 11) is 0.120.